The summed E-state index contributed by atoms with van der Waals surface area (Å²) >= 11 is 1.40. The maximum absolute atomic E-state index is 12.0. The Balaban J connectivity index is 1.51. The summed E-state index contributed by atoms with van der Waals surface area (Å²) < 4.78 is 15.8. The van der Waals surface area contributed by atoms with E-state index in [1.165, 1.54) is 11.3 Å². The molecule has 0 unspecified atom stereocenters. The second-order valence-corrected chi connectivity index (χ2v) is 5.92. The highest BCUT2D eigenvalue weighted by molar-refractivity contribution is 7.13. The predicted octanol–water partition coefficient (Wildman–Crippen LogP) is 4.05. The summed E-state index contributed by atoms with van der Waals surface area (Å²) in [6, 6.07) is 16.9. The van der Waals surface area contributed by atoms with Crippen molar-refractivity contribution in [3.8, 4) is 22.1 Å². The fraction of sp³-hybridized carbons (Fsp3) is 0.158. The average Bonchev–Trinajstić information content (AvgIpc) is 3.16. The molecule has 1 aromatic heterocycles. The van der Waals surface area contributed by atoms with Crippen molar-refractivity contribution in [1.29, 1.82) is 0 Å². The summed E-state index contributed by atoms with van der Waals surface area (Å²) in [4.78, 5) is 16.4. The van der Waals surface area contributed by atoms with Crippen LogP contribution in [0.5, 0.6) is 11.5 Å². The largest absolute Gasteiger partial charge is 0.497 e. The number of thiazole rings is 1. The Morgan fingerprint density at radius 2 is 1.76 bits per heavy atom. The summed E-state index contributed by atoms with van der Waals surface area (Å²) in [7, 11) is 1.62. The number of nitrogens with zero attached hydrogens (tertiary/aromatic N) is 1. The summed E-state index contributed by atoms with van der Waals surface area (Å²) in [5, 5.41) is 2.45. The first-order valence-corrected chi connectivity index (χ1v) is 8.59. The third-order valence-electron chi connectivity index (χ3n) is 3.38. The molecule has 0 spiro atoms. The predicted molar refractivity (Wildman–Crippen MR) is 96.3 cm³/mol. The molecule has 5 nitrogen and oxygen atoms in total. The number of carbonyl (C=O) groups is 1. The Morgan fingerprint density at radius 3 is 2.48 bits per heavy atom. The van der Waals surface area contributed by atoms with Crippen molar-refractivity contribution in [3.05, 3.63) is 65.7 Å². The van der Waals surface area contributed by atoms with Gasteiger partial charge in [0.1, 0.15) is 29.7 Å². The monoisotopic (exact) mass is 355 g/mol. The molecular weight excluding hydrogens is 338 g/mol. The number of para-hydroxylation sites is 1. The van der Waals surface area contributed by atoms with Crippen molar-refractivity contribution in [3.63, 3.8) is 0 Å². The molecule has 3 rings (SSSR count). The van der Waals surface area contributed by atoms with E-state index in [4.69, 9.17) is 14.2 Å². The molecule has 0 aliphatic rings. The van der Waals surface area contributed by atoms with Gasteiger partial charge in [0.15, 0.2) is 5.69 Å². The van der Waals surface area contributed by atoms with E-state index >= 15 is 0 Å². The second kappa shape index (κ2) is 8.30. The fourth-order valence-corrected chi connectivity index (χ4v) is 2.91. The van der Waals surface area contributed by atoms with Gasteiger partial charge in [-0.25, -0.2) is 9.78 Å². The Labute approximate surface area is 149 Å². The lowest BCUT2D eigenvalue weighted by atomic mass is 10.2. The number of methoxy groups -OCH3 is 1. The van der Waals surface area contributed by atoms with Gasteiger partial charge in [-0.2, -0.15) is 0 Å². The number of hydrogen-bond donors (Lipinski definition) is 0. The SMILES string of the molecule is COc1ccc(-c2nc(C(=O)OCCOc3ccccc3)cs2)cc1. The zero-order valence-electron chi connectivity index (χ0n) is 13.7. The van der Waals surface area contributed by atoms with Crippen LogP contribution in [0.4, 0.5) is 0 Å². The van der Waals surface area contributed by atoms with Crippen LogP contribution in [-0.4, -0.2) is 31.3 Å². The van der Waals surface area contributed by atoms with E-state index in [0.717, 1.165) is 22.1 Å². The minimum atomic E-state index is -0.451. The average molecular weight is 355 g/mol. The van der Waals surface area contributed by atoms with Crippen LogP contribution < -0.4 is 9.47 Å². The molecule has 0 radical (unpaired) electrons. The highest BCUT2D eigenvalue weighted by Gasteiger charge is 2.13. The van der Waals surface area contributed by atoms with E-state index in [1.54, 1.807) is 12.5 Å². The van der Waals surface area contributed by atoms with E-state index in [2.05, 4.69) is 4.98 Å². The first kappa shape index (κ1) is 17.0. The Kier molecular flexibility index (Phi) is 5.64. The Bertz CT molecular complexity index is 815. The Hall–Kier alpha value is -2.86. The summed E-state index contributed by atoms with van der Waals surface area (Å²) in [6.45, 7) is 0.467. The second-order valence-electron chi connectivity index (χ2n) is 5.06. The molecule has 0 aliphatic carbocycles. The minimum absolute atomic E-state index is 0.170. The van der Waals surface area contributed by atoms with Crippen molar-refractivity contribution in [1.82, 2.24) is 4.98 Å². The van der Waals surface area contributed by atoms with Crippen molar-refractivity contribution < 1.29 is 19.0 Å². The maximum atomic E-state index is 12.0. The van der Waals surface area contributed by atoms with Crippen molar-refractivity contribution in [2.45, 2.75) is 0 Å². The molecule has 25 heavy (non-hydrogen) atoms. The van der Waals surface area contributed by atoms with Gasteiger partial charge in [0.2, 0.25) is 0 Å². The van der Waals surface area contributed by atoms with Gasteiger partial charge in [-0.1, -0.05) is 18.2 Å². The smallest absolute Gasteiger partial charge is 0.357 e. The van der Waals surface area contributed by atoms with Crippen LogP contribution in [0.2, 0.25) is 0 Å². The molecule has 0 bridgehead atoms. The van der Waals surface area contributed by atoms with Gasteiger partial charge in [-0.15, -0.1) is 11.3 Å². The van der Waals surface area contributed by atoms with Gasteiger partial charge in [0.25, 0.3) is 0 Å². The van der Waals surface area contributed by atoms with Gasteiger partial charge in [0.05, 0.1) is 7.11 Å². The molecule has 0 fully saturated rings. The summed E-state index contributed by atoms with van der Waals surface area (Å²) in [6.07, 6.45) is 0. The van der Waals surface area contributed by atoms with Crippen LogP contribution in [0.25, 0.3) is 10.6 Å². The van der Waals surface area contributed by atoms with Crippen LogP contribution in [0, 0.1) is 0 Å². The van der Waals surface area contributed by atoms with E-state index in [-0.39, 0.29) is 6.61 Å². The normalized spacial score (nSPS) is 10.3. The molecular formula is C19H17NO4S. The molecule has 0 atom stereocenters. The van der Waals surface area contributed by atoms with Gasteiger partial charge in [0, 0.05) is 10.9 Å². The first-order valence-electron chi connectivity index (χ1n) is 7.71. The standard InChI is InChI=1S/C19H17NO4S/c1-22-15-9-7-14(8-10-15)18-20-17(13-25-18)19(21)24-12-11-23-16-5-3-2-4-6-16/h2-10,13H,11-12H2,1H3. The van der Waals surface area contributed by atoms with Gasteiger partial charge < -0.3 is 14.2 Å². The van der Waals surface area contributed by atoms with Crippen molar-refractivity contribution >= 4 is 17.3 Å². The third kappa shape index (κ3) is 4.58. The number of benzene rings is 2. The Morgan fingerprint density at radius 1 is 1.00 bits per heavy atom. The summed E-state index contributed by atoms with van der Waals surface area (Å²) in [5.74, 6) is 1.07. The number of ether oxygens (including phenoxy) is 3. The lowest BCUT2D eigenvalue weighted by molar-refractivity contribution is 0.0444. The van der Waals surface area contributed by atoms with Crippen molar-refractivity contribution in [2.24, 2.45) is 0 Å². The van der Waals surface area contributed by atoms with Crippen LogP contribution in [-0.2, 0) is 4.74 Å². The van der Waals surface area contributed by atoms with Gasteiger partial charge in [-0.05, 0) is 36.4 Å². The number of esters is 1. The molecule has 3 aromatic rings. The van der Waals surface area contributed by atoms with E-state index < -0.39 is 5.97 Å². The molecule has 0 aliphatic heterocycles. The van der Waals surface area contributed by atoms with Crippen molar-refractivity contribution in [2.75, 3.05) is 20.3 Å². The molecule has 128 valence electrons. The van der Waals surface area contributed by atoms with Crippen LogP contribution in [0.1, 0.15) is 10.5 Å². The highest BCUT2D eigenvalue weighted by Crippen LogP contribution is 2.25. The molecule has 0 amide bonds. The molecule has 0 N–H and O–H groups in total. The third-order valence-corrected chi connectivity index (χ3v) is 4.27. The maximum Gasteiger partial charge on any atom is 0.357 e. The zero-order valence-corrected chi connectivity index (χ0v) is 14.5. The minimum Gasteiger partial charge on any atom is -0.497 e. The van der Waals surface area contributed by atoms with Crippen LogP contribution >= 0.6 is 11.3 Å². The molecule has 0 saturated heterocycles. The fourth-order valence-electron chi connectivity index (χ4n) is 2.12. The first-order chi connectivity index (χ1) is 12.3. The van der Waals surface area contributed by atoms with E-state index in [0.29, 0.717) is 12.3 Å². The van der Waals surface area contributed by atoms with Gasteiger partial charge in [-0.3, -0.25) is 0 Å². The van der Waals surface area contributed by atoms with Crippen LogP contribution in [0.15, 0.2) is 60.0 Å². The molecule has 0 saturated carbocycles. The number of carbonyl (C=O) groups excluding carboxylic acids is 1. The number of rotatable bonds is 7. The molecule has 6 heteroatoms. The van der Waals surface area contributed by atoms with Gasteiger partial charge >= 0.3 is 5.97 Å². The molecule has 2 aromatic carbocycles. The zero-order chi connectivity index (χ0) is 17.5. The quantitative estimate of drug-likeness (QED) is 0.473. The number of hydrogen-bond acceptors (Lipinski definition) is 6. The lowest BCUT2D eigenvalue weighted by Gasteiger charge is -2.06. The lowest BCUT2D eigenvalue weighted by Crippen LogP contribution is -2.12. The summed E-state index contributed by atoms with van der Waals surface area (Å²) in [5.41, 5.74) is 1.23. The van der Waals surface area contributed by atoms with Crippen LogP contribution in [0.3, 0.4) is 0 Å². The number of aromatic nitrogens is 1. The topological polar surface area (TPSA) is 57.7 Å². The highest BCUT2D eigenvalue weighted by atomic mass is 32.1. The van der Waals surface area contributed by atoms with E-state index in [1.807, 2.05) is 54.6 Å². The van der Waals surface area contributed by atoms with E-state index in [9.17, 15) is 4.79 Å². The molecule has 1 heterocycles.